The fourth-order valence-corrected chi connectivity index (χ4v) is 6.92. The monoisotopic (exact) mass is 976 g/mol. The zero-order valence-electron chi connectivity index (χ0n) is 36.4. The Morgan fingerprint density at radius 2 is 0.723 bits per heavy atom. The van der Waals surface area contributed by atoms with Gasteiger partial charge in [0.2, 0.25) is 0 Å². The molecule has 0 aromatic rings. The summed E-state index contributed by atoms with van der Waals surface area (Å²) >= 11 is 0. The number of unbranched alkanes of at least 4 members (excludes halogenated alkanes) is 1. The molecule has 0 fully saturated rings. The highest BCUT2D eigenvalue weighted by Crippen LogP contribution is 2.10. The van der Waals surface area contributed by atoms with Gasteiger partial charge in [-0.1, -0.05) is 32.9 Å². The Morgan fingerprint density at radius 1 is 0.415 bits per heavy atom. The topological polar surface area (TPSA) is 270 Å². The Hall–Kier alpha value is -5.93. The van der Waals surface area contributed by atoms with E-state index in [0.29, 0.717) is 59.2 Å². The van der Waals surface area contributed by atoms with Crippen molar-refractivity contribution in [1.29, 1.82) is 0 Å². The van der Waals surface area contributed by atoms with Gasteiger partial charge in [0.05, 0.1) is 57.0 Å². The second kappa shape index (κ2) is 29.5. The summed E-state index contributed by atoms with van der Waals surface area (Å²) in [7, 11) is -11.5. The molecule has 0 unspecified atom stereocenters. The molecule has 0 saturated carbocycles. The first-order valence-electron chi connectivity index (χ1n) is 19.8. The molecular weight excluding hydrogens is 913 g/mol. The van der Waals surface area contributed by atoms with Gasteiger partial charge in [-0.15, -0.1) is 0 Å². The van der Waals surface area contributed by atoms with Crippen LogP contribution in [-0.4, -0.2) is 193 Å². The summed E-state index contributed by atoms with van der Waals surface area (Å²) in [6.07, 6.45) is 28.6. The fourth-order valence-electron chi connectivity index (χ4n) is 5.39. The van der Waals surface area contributed by atoms with Gasteiger partial charge in [-0.05, 0) is 50.3 Å². The summed E-state index contributed by atoms with van der Waals surface area (Å²) in [5.41, 5.74) is 0. The van der Waals surface area contributed by atoms with Crippen LogP contribution in [0.4, 0.5) is 0 Å². The third kappa shape index (κ3) is 29.2. The minimum atomic E-state index is -3.86. The van der Waals surface area contributed by atoms with Crippen molar-refractivity contribution in [3.05, 3.63) is 126 Å². The van der Waals surface area contributed by atoms with Gasteiger partial charge < -0.3 is 59.2 Å². The summed E-state index contributed by atoms with van der Waals surface area (Å²) in [4.78, 5) is 39.2. The second-order valence-corrected chi connectivity index (χ2v) is 18.9. The van der Waals surface area contributed by atoms with E-state index in [1.54, 1.807) is 65.6 Å². The smallest absolute Gasteiger partial charge is 0.323 e. The predicted octanol–water partition coefficient (Wildman–Crippen LogP) is 2.27. The maximum Gasteiger partial charge on any atom is 0.323 e. The lowest BCUT2D eigenvalue weighted by Crippen LogP contribution is -2.27. The van der Waals surface area contributed by atoms with Crippen LogP contribution in [0.1, 0.15) is 25.7 Å². The van der Waals surface area contributed by atoms with Crippen molar-refractivity contribution < 1.29 is 58.7 Å². The highest BCUT2D eigenvalue weighted by atomic mass is 32.2. The lowest BCUT2D eigenvalue weighted by molar-refractivity contribution is -0.138. The molecular formula is C39H64N10O13S3. The fraction of sp³-hybridized carbons (Fsp3) is 0.436. The van der Waals surface area contributed by atoms with Crippen LogP contribution in [0.3, 0.4) is 0 Å². The van der Waals surface area contributed by atoms with Crippen LogP contribution in [-0.2, 0) is 39.9 Å². The van der Waals surface area contributed by atoms with Gasteiger partial charge >= 0.3 is 11.9 Å². The van der Waals surface area contributed by atoms with Gasteiger partial charge in [-0.2, -0.15) is 25.3 Å². The molecule has 5 N–H and O–H groups in total. The molecule has 5 aliphatic heterocycles. The molecule has 26 heteroatoms. The van der Waals surface area contributed by atoms with E-state index < -0.39 is 42.3 Å². The van der Waals surface area contributed by atoms with Crippen LogP contribution < -0.4 is 0 Å². The first-order valence-corrected chi connectivity index (χ1v) is 24.6. The lowest BCUT2D eigenvalue weighted by atomic mass is 10.3. The van der Waals surface area contributed by atoms with Crippen molar-refractivity contribution in [2.45, 2.75) is 25.7 Å². The molecule has 0 saturated heterocycles. The predicted molar refractivity (Wildman–Crippen MR) is 247 cm³/mol. The Morgan fingerprint density at radius 3 is 1.05 bits per heavy atom. The number of carboxylic acid groups (broad SMARTS) is 2. The van der Waals surface area contributed by atoms with Crippen LogP contribution in [0.2, 0.25) is 0 Å². The van der Waals surface area contributed by atoms with Gasteiger partial charge in [0.15, 0.2) is 0 Å². The minimum absolute atomic E-state index is 0.0425. The Balaban J connectivity index is 0.000000408. The number of hydrogen-bond acceptors (Lipinski definition) is 18. The average Bonchev–Trinajstić information content (AvgIpc) is 4.09. The molecule has 5 rings (SSSR count). The number of carboxylic acids is 2. The van der Waals surface area contributed by atoms with Crippen molar-refractivity contribution in [1.82, 2.24) is 49.0 Å². The van der Waals surface area contributed by atoms with Crippen molar-refractivity contribution in [3.63, 3.8) is 0 Å². The second-order valence-electron chi connectivity index (χ2n) is 14.1. The summed E-state index contributed by atoms with van der Waals surface area (Å²) < 4.78 is 88.0. The van der Waals surface area contributed by atoms with Gasteiger partial charge in [-0.25, -0.2) is 0 Å². The Bertz CT molecular complexity index is 2050. The molecule has 0 radical (unpaired) electrons. The summed E-state index contributed by atoms with van der Waals surface area (Å²) in [6, 6.07) is 0. The first-order chi connectivity index (χ1) is 30.5. The molecule has 0 aliphatic carbocycles. The summed E-state index contributed by atoms with van der Waals surface area (Å²) in [5, 5.41) is 16.8. The molecule has 0 atom stereocenters. The number of hydrogen-bond donors (Lipinski definition) is 5. The van der Waals surface area contributed by atoms with Crippen molar-refractivity contribution in [3.8, 4) is 0 Å². The molecule has 5 heterocycles. The van der Waals surface area contributed by atoms with E-state index in [1.807, 2.05) is 71.5 Å². The molecule has 0 bridgehead atoms. The molecule has 0 aromatic heterocycles. The van der Waals surface area contributed by atoms with Crippen LogP contribution in [0.25, 0.3) is 0 Å². The number of nitrogens with zero attached hydrogens (tertiary/aromatic N) is 10. The zero-order chi connectivity index (χ0) is 49.1. The van der Waals surface area contributed by atoms with E-state index in [0.717, 1.165) is 19.6 Å². The van der Waals surface area contributed by atoms with E-state index in [-0.39, 0.29) is 30.2 Å². The maximum absolute atomic E-state index is 10.4. The Kier molecular flexibility index (Phi) is 25.9. The van der Waals surface area contributed by atoms with E-state index in [2.05, 4.69) is 37.8 Å². The highest BCUT2D eigenvalue weighted by molar-refractivity contribution is 7.86. The zero-order valence-corrected chi connectivity index (χ0v) is 38.9. The van der Waals surface area contributed by atoms with E-state index >= 15 is 0 Å². The lowest BCUT2D eigenvalue weighted by Gasteiger charge is -2.17. The number of carbonyl (C=O) groups is 2. The van der Waals surface area contributed by atoms with Gasteiger partial charge in [0.25, 0.3) is 30.4 Å². The summed E-state index contributed by atoms with van der Waals surface area (Å²) in [6.45, 7) is 23.6. The van der Waals surface area contributed by atoms with E-state index in [9.17, 15) is 34.8 Å². The van der Waals surface area contributed by atoms with Crippen LogP contribution in [0, 0.1) is 0 Å². The standard InChI is InChI=1S/C9H16N2O3S.C8H14N2O3S.C8H12N2O2.C7H12N2O3S.C7H10N2O2/c1-2-10-6-7-11(9-10)5-3-4-8-15(12,13)14;1-2-9-5-6-10(8-9)4-3-7-14(11,12)13;1-2-9-5-6-10(7-9)4-3-8(11)12;1-2-8-3-4-9(7-8)5-6-13(10,11)12;1-2-8-3-4-9(6-8)5-7(10)11/h2,6-7H,1,3-5,8-9H2,(H,12,13,14);2,5-6H,1,3-4,7-8H2,(H,11,12,13);2,5-6H,1,3-4,7H2,(H,11,12);2-4H,1,5-7H2,(H,10,11,12);2-4H,1,5-6H2,(H,10,11). The molecule has 5 aliphatic rings. The summed E-state index contributed by atoms with van der Waals surface area (Å²) in [5.74, 6) is -2.18. The molecule has 0 aromatic carbocycles. The first kappa shape index (κ1) is 57.1. The average molecular weight is 977 g/mol. The largest absolute Gasteiger partial charge is 0.481 e. The molecule has 23 nitrogen and oxygen atoms in total. The van der Waals surface area contributed by atoms with Crippen molar-refractivity contribution in [2.24, 2.45) is 0 Å². The van der Waals surface area contributed by atoms with Gasteiger partial charge in [0.1, 0.15) is 6.54 Å². The molecule has 0 spiro atoms. The van der Waals surface area contributed by atoms with Crippen LogP contribution in [0.5, 0.6) is 0 Å². The van der Waals surface area contributed by atoms with Crippen molar-refractivity contribution in [2.75, 3.05) is 83.3 Å². The van der Waals surface area contributed by atoms with Gasteiger partial charge in [0, 0.05) is 88.2 Å². The van der Waals surface area contributed by atoms with Crippen LogP contribution >= 0.6 is 0 Å². The number of rotatable bonds is 22. The third-order valence-electron chi connectivity index (χ3n) is 8.78. The van der Waals surface area contributed by atoms with Crippen molar-refractivity contribution >= 4 is 42.3 Å². The highest BCUT2D eigenvalue weighted by Gasteiger charge is 2.15. The number of aliphatic carboxylic acids is 2. The minimum Gasteiger partial charge on any atom is -0.481 e. The third-order valence-corrected chi connectivity index (χ3v) is 11.1. The maximum atomic E-state index is 10.4. The normalized spacial score (nSPS) is 16.0. The SMILES string of the molecule is C=CN1C=CN(CC(=O)O)C1.C=CN1C=CN(CCC(=O)O)C1.C=CN1C=CN(CCCCS(=O)(=O)O)C1.C=CN1C=CN(CCCS(=O)(=O)O)C1.C=CN1C=CN(CCS(=O)(=O)O)C1. The van der Waals surface area contributed by atoms with E-state index in [1.165, 1.54) is 0 Å². The molecule has 0 amide bonds. The van der Waals surface area contributed by atoms with Gasteiger partial charge in [-0.3, -0.25) is 23.2 Å². The molecule has 366 valence electrons. The molecule has 65 heavy (non-hydrogen) atoms. The Labute approximate surface area is 383 Å². The van der Waals surface area contributed by atoms with Crippen LogP contribution in [0.15, 0.2) is 126 Å². The van der Waals surface area contributed by atoms with E-state index in [4.69, 9.17) is 23.9 Å². The quantitative estimate of drug-likeness (QED) is 0.0769.